The van der Waals surface area contributed by atoms with Crippen LogP contribution in [0.2, 0.25) is 0 Å². The van der Waals surface area contributed by atoms with Crippen LogP contribution in [0, 0.1) is 0 Å². The summed E-state index contributed by atoms with van der Waals surface area (Å²) in [5.74, 6) is -0.148. The van der Waals surface area contributed by atoms with E-state index in [-0.39, 0.29) is 5.91 Å². The first-order valence-electron chi connectivity index (χ1n) is 8.64. The number of ether oxygens (including phenoxy) is 1. The van der Waals surface area contributed by atoms with E-state index in [1.54, 1.807) is 12.3 Å². The third kappa shape index (κ3) is 5.01. The number of carbonyl (C=O) groups excluding carboxylic acids is 1. The average molecular weight is 340 g/mol. The molecule has 0 spiro atoms. The van der Waals surface area contributed by atoms with Gasteiger partial charge < -0.3 is 10.1 Å². The Morgan fingerprint density at radius 2 is 2.00 bits per heavy atom. The van der Waals surface area contributed by atoms with Gasteiger partial charge in [-0.2, -0.15) is 5.10 Å². The standard InChI is InChI=1S/C19H24N4O2/c1-2-23-18(9-10-20-23)7-8-19(24)21-17-5-3-16(4-6-17)15-22-11-13-25-14-12-22/h3-10H,2,11-15H2,1H3,(H,21,24). The van der Waals surface area contributed by atoms with E-state index in [0.717, 1.165) is 50.8 Å². The summed E-state index contributed by atoms with van der Waals surface area (Å²) in [6.07, 6.45) is 5.04. The number of carbonyl (C=O) groups is 1. The highest BCUT2D eigenvalue weighted by molar-refractivity contribution is 6.01. The lowest BCUT2D eigenvalue weighted by Gasteiger charge is -2.26. The Morgan fingerprint density at radius 1 is 1.24 bits per heavy atom. The van der Waals surface area contributed by atoms with Crippen molar-refractivity contribution in [3.63, 3.8) is 0 Å². The fourth-order valence-corrected chi connectivity index (χ4v) is 2.80. The highest BCUT2D eigenvalue weighted by atomic mass is 16.5. The highest BCUT2D eigenvalue weighted by Gasteiger charge is 2.10. The van der Waals surface area contributed by atoms with Crippen LogP contribution in [0.4, 0.5) is 5.69 Å². The van der Waals surface area contributed by atoms with E-state index in [1.807, 2.05) is 29.8 Å². The number of hydrogen-bond donors (Lipinski definition) is 1. The van der Waals surface area contributed by atoms with Gasteiger partial charge in [0.1, 0.15) is 0 Å². The van der Waals surface area contributed by atoms with Gasteiger partial charge in [0, 0.05) is 44.1 Å². The summed E-state index contributed by atoms with van der Waals surface area (Å²) < 4.78 is 7.20. The Morgan fingerprint density at radius 3 is 2.72 bits per heavy atom. The number of aryl methyl sites for hydroxylation is 1. The first kappa shape index (κ1) is 17.4. The second-order valence-corrected chi connectivity index (χ2v) is 5.98. The lowest BCUT2D eigenvalue weighted by atomic mass is 10.2. The van der Waals surface area contributed by atoms with E-state index in [4.69, 9.17) is 4.74 Å². The number of nitrogens with zero attached hydrogens (tertiary/aromatic N) is 3. The van der Waals surface area contributed by atoms with Gasteiger partial charge in [0.05, 0.1) is 18.9 Å². The zero-order valence-electron chi connectivity index (χ0n) is 14.5. The molecule has 0 bridgehead atoms. The van der Waals surface area contributed by atoms with Gasteiger partial charge in [0.2, 0.25) is 5.91 Å². The van der Waals surface area contributed by atoms with Gasteiger partial charge in [-0.15, -0.1) is 0 Å². The molecule has 1 saturated heterocycles. The third-order valence-electron chi connectivity index (χ3n) is 4.19. The van der Waals surface area contributed by atoms with E-state index in [2.05, 4.69) is 27.4 Å². The molecule has 6 heteroatoms. The van der Waals surface area contributed by atoms with Crippen molar-refractivity contribution < 1.29 is 9.53 Å². The second kappa shape index (κ2) is 8.60. The van der Waals surface area contributed by atoms with Gasteiger partial charge in [0.15, 0.2) is 0 Å². The van der Waals surface area contributed by atoms with Crippen LogP contribution >= 0.6 is 0 Å². The smallest absolute Gasteiger partial charge is 0.248 e. The summed E-state index contributed by atoms with van der Waals surface area (Å²) >= 11 is 0. The number of benzene rings is 1. The zero-order valence-corrected chi connectivity index (χ0v) is 14.5. The molecule has 132 valence electrons. The SMILES string of the molecule is CCn1nccc1C=CC(=O)Nc1ccc(CN2CCOCC2)cc1. The van der Waals surface area contributed by atoms with Crippen LogP contribution in [0.1, 0.15) is 18.2 Å². The predicted molar refractivity (Wildman–Crippen MR) is 98.1 cm³/mol. The molecule has 1 aromatic carbocycles. The second-order valence-electron chi connectivity index (χ2n) is 5.98. The Labute approximate surface area is 148 Å². The number of nitrogens with one attached hydrogen (secondary N) is 1. The van der Waals surface area contributed by atoms with Crippen molar-refractivity contribution in [3.8, 4) is 0 Å². The normalized spacial score (nSPS) is 15.6. The molecular formula is C19H24N4O2. The molecule has 25 heavy (non-hydrogen) atoms. The molecule has 2 heterocycles. The number of anilines is 1. The Hall–Kier alpha value is -2.44. The molecule has 0 aliphatic carbocycles. The molecule has 6 nitrogen and oxygen atoms in total. The monoisotopic (exact) mass is 340 g/mol. The molecule has 0 saturated carbocycles. The van der Waals surface area contributed by atoms with Crippen LogP contribution in [-0.4, -0.2) is 46.9 Å². The summed E-state index contributed by atoms with van der Waals surface area (Å²) in [7, 11) is 0. The third-order valence-corrected chi connectivity index (χ3v) is 4.19. The van der Waals surface area contributed by atoms with E-state index in [1.165, 1.54) is 11.6 Å². The molecule has 2 aromatic rings. The van der Waals surface area contributed by atoms with Crippen LogP contribution in [0.3, 0.4) is 0 Å². The van der Waals surface area contributed by atoms with Crippen molar-refractivity contribution in [1.82, 2.24) is 14.7 Å². The number of rotatable bonds is 6. The Balaban J connectivity index is 1.53. The first-order valence-corrected chi connectivity index (χ1v) is 8.64. The van der Waals surface area contributed by atoms with E-state index < -0.39 is 0 Å². The Bertz CT molecular complexity index is 715. The minimum atomic E-state index is -0.148. The van der Waals surface area contributed by atoms with E-state index in [9.17, 15) is 4.79 Å². The van der Waals surface area contributed by atoms with Crippen LogP contribution in [0.5, 0.6) is 0 Å². The van der Waals surface area contributed by atoms with Crippen molar-refractivity contribution in [3.05, 3.63) is 53.9 Å². The summed E-state index contributed by atoms with van der Waals surface area (Å²) in [6.45, 7) is 7.25. The maximum atomic E-state index is 12.1. The van der Waals surface area contributed by atoms with Crippen molar-refractivity contribution >= 4 is 17.7 Å². The molecule has 1 aliphatic heterocycles. The number of morpholine rings is 1. The molecule has 1 amide bonds. The highest BCUT2D eigenvalue weighted by Crippen LogP contribution is 2.13. The lowest BCUT2D eigenvalue weighted by Crippen LogP contribution is -2.35. The van der Waals surface area contributed by atoms with Gasteiger partial charge in [-0.3, -0.25) is 14.4 Å². The minimum Gasteiger partial charge on any atom is -0.379 e. The van der Waals surface area contributed by atoms with Crippen LogP contribution in [0.15, 0.2) is 42.6 Å². The lowest BCUT2D eigenvalue weighted by molar-refractivity contribution is -0.111. The van der Waals surface area contributed by atoms with Crippen molar-refractivity contribution in [2.45, 2.75) is 20.0 Å². The molecule has 0 radical (unpaired) electrons. The molecule has 1 aliphatic rings. The summed E-state index contributed by atoms with van der Waals surface area (Å²) in [4.78, 5) is 14.4. The minimum absolute atomic E-state index is 0.148. The topological polar surface area (TPSA) is 59.4 Å². The van der Waals surface area contributed by atoms with Crippen LogP contribution < -0.4 is 5.32 Å². The number of amides is 1. The fourth-order valence-electron chi connectivity index (χ4n) is 2.80. The summed E-state index contributed by atoms with van der Waals surface area (Å²) in [6, 6.07) is 9.88. The molecule has 1 fully saturated rings. The predicted octanol–water partition coefficient (Wildman–Crippen LogP) is 2.39. The van der Waals surface area contributed by atoms with Crippen LogP contribution in [0.25, 0.3) is 6.08 Å². The molecule has 3 rings (SSSR count). The van der Waals surface area contributed by atoms with E-state index >= 15 is 0 Å². The molecule has 1 N–H and O–H groups in total. The fraction of sp³-hybridized carbons (Fsp3) is 0.368. The zero-order chi connectivity index (χ0) is 17.5. The largest absolute Gasteiger partial charge is 0.379 e. The number of hydrogen-bond acceptors (Lipinski definition) is 4. The van der Waals surface area contributed by atoms with Crippen molar-refractivity contribution in [2.24, 2.45) is 0 Å². The molecule has 1 aromatic heterocycles. The van der Waals surface area contributed by atoms with Gasteiger partial charge in [0.25, 0.3) is 0 Å². The molecular weight excluding hydrogens is 316 g/mol. The first-order chi connectivity index (χ1) is 12.2. The summed E-state index contributed by atoms with van der Waals surface area (Å²) in [5.41, 5.74) is 2.95. The average Bonchev–Trinajstić information content (AvgIpc) is 3.10. The molecule has 0 atom stereocenters. The maximum Gasteiger partial charge on any atom is 0.248 e. The van der Waals surface area contributed by atoms with E-state index in [0.29, 0.717) is 0 Å². The molecule has 0 unspecified atom stereocenters. The van der Waals surface area contributed by atoms with Crippen LogP contribution in [-0.2, 0) is 22.6 Å². The van der Waals surface area contributed by atoms with Gasteiger partial charge in [-0.25, -0.2) is 0 Å². The summed E-state index contributed by atoms with van der Waals surface area (Å²) in [5, 5.41) is 7.06. The Kier molecular flexibility index (Phi) is 5.98. The van der Waals surface area contributed by atoms with Gasteiger partial charge in [-0.1, -0.05) is 12.1 Å². The van der Waals surface area contributed by atoms with Crippen molar-refractivity contribution in [1.29, 1.82) is 0 Å². The van der Waals surface area contributed by atoms with Gasteiger partial charge >= 0.3 is 0 Å². The maximum absolute atomic E-state index is 12.1. The number of aromatic nitrogens is 2. The van der Waals surface area contributed by atoms with Gasteiger partial charge in [-0.05, 0) is 36.8 Å². The van der Waals surface area contributed by atoms with Crippen molar-refractivity contribution in [2.75, 3.05) is 31.6 Å². The quantitative estimate of drug-likeness (QED) is 0.821.